The number of carbonyl (C=O) groups excluding carboxylic acids is 2. The van der Waals surface area contributed by atoms with Gasteiger partial charge in [-0.25, -0.2) is 0 Å². The molecule has 23 heavy (non-hydrogen) atoms. The summed E-state index contributed by atoms with van der Waals surface area (Å²) in [5.74, 6) is -1.39. The highest BCUT2D eigenvalue weighted by molar-refractivity contribution is 7.30. The Labute approximate surface area is 132 Å². The highest BCUT2D eigenvalue weighted by Gasteiger charge is 2.51. The van der Waals surface area contributed by atoms with Crippen LogP contribution >= 0.6 is 8.25 Å². The summed E-state index contributed by atoms with van der Waals surface area (Å²) in [6.07, 6.45) is -4.32. The Balaban J connectivity index is 3.23. The smallest absolute Gasteiger partial charge is 0.491 e. The first-order chi connectivity index (χ1) is 10.8. The van der Waals surface area contributed by atoms with Gasteiger partial charge in [0.25, 0.3) is 0 Å². The summed E-state index contributed by atoms with van der Waals surface area (Å²) in [7, 11) is -3.31. The van der Waals surface area contributed by atoms with Crippen LogP contribution in [0.5, 0.6) is 0 Å². The fourth-order valence-corrected chi connectivity index (χ4v) is 2.58. The molecule has 6 atom stereocenters. The van der Waals surface area contributed by atoms with Gasteiger partial charge in [0.05, 0.1) is 0 Å². The van der Waals surface area contributed by atoms with Crippen molar-refractivity contribution in [3.05, 3.63) is 10.4 Å². The number of azide groups is 1. The molecule has 0 bridgehead atoms. The van der Waals surface area contributed by atoms with Crippen molar-refractivity contribution < 1.29 is 37.8 Å². The van der Waals surface area contributed by atoms with Crippen molar-refractivity contribution in [3.63, 3.8) is 0 Å². The van der Waals surface area contributed by atoms with Gasteiger partial charge in [-0.2, -0.15) is 0 Å². The molecule has 1 saturated heterocycles. The van der Waals surface area contributed by atoms with Gasteiger partial charge >= 0.3 is 20.2 Å². The van der Waals surface area contributed by atoms with Gasteiger partial charge in [-0.05, 0) is 16.5 Å². The highest BCUT2D eigenvalue weighted by Crippen LogP contribution is 2.33. The van der Waals surface area contributed by atoms with Gasteiger partial charge in [0.2, 0.25) is 6.29 Å². The van der Waals surface area contributed by atoms with Crippen LogP contribution in [-0.4, -0.2) is 42.6 Å². The van der Waals surface area contributed by atoms with Crippen molar-refractivity contribution in [2.45, 2.75) is 57.8 Å². The molecule has 12 heteroatoms. The minimum atomic E-state index is -3.31. The summed E-state index contributed by atoms with van der Waals surface area (Å²) in [6.45, 7) is 3.95. The summed E-state index contributed by atoms with van der Waals surface area (Å²) >= 11 is 0. The second-order valence-electron chi connectivity index (χ2n) is 4.62. The summed E-state index contributed by atoms with van der Waals surface area (Å²) < 4.78 is 31.0. The lowest BCUT2D eigenvalue weighted by molar-refractivity contribution is -0.263. The van der Waals surface area contributed by atoms with Gasteiger partial charge in [0, 0.05) is 18.8 Å². The van der Waals surface area contributed by atoms with Crippen molar-refractivity contribution in [2.24, 2.45) is 5.11 Å². The van der Waals surface area contributed by atoms with Crippen molar-refractivity contribution in [1.82, 2.24) is 0 Å². The average Bonchev–Trinajstić information content (AvgIpc) is 2.43. The monoisotopic (exact) mass is 349 g/mol. The number of carbonyl (C=O) groups is 2. The first-order valence-corrected chi connectivity index (χ1v) is 7.75. The summed E-state index contributed by atoms with van der Waals surface area (Å²) in [5.41, 5.74) is 8.66. The van der Waals surface area contributed by atoms with Crippen molar-refractivity contribution in [1.29, 1.82) is 0 Å². The van der Waals surface area contributed by atoms with Crippen LogP contribution in [0.3, 0.4) is 0 Å². The van der Waals surface area contributed by atoms with Crippen molar-refractivity contribution in [3.8, 4) is 0 Å². The summed E-state index contributed by atoms with van der Waals surface area (Å²) in [6, 6.07) is -1.34. The number of hydrogen-bond donors (Lipinski definition) is 0. The SMILES string of the molecule is CCC1O[C@H](O[P+](=O)[O-])C(N=[N+]=[N-])[C@@H](OC(C)=O)[C@@H]1OC(C)=O. The first-order valence-electron chi connectivity index (χ1n) is 6.65. The lowest BCUT2D eigenvalue weighted by Gasteiger charge is -2.41. The second kappa shape index (κ2) is 8.76. The molecular formula is C11H16N3O8P. The van der Waals surface area contributed by atoms with Gasteiger partial charge in [0.1, 0.15) is 12.1 Å². The van der Waals surface area contributed by atoms with E-state index in [-0.39, 0.29) is 0 Å². The quantitative estimate of drug-likeness (QED) is 0.222. The fraction of sp³-hybridized carbons (Fsp3) is 0.818. The van der Waals surface area contributed by atoms with Crippen LogP contribution in [0.25, 0.3) is 10.4 Å². The maximum Gasteiger partial charge on any atom is 0.491 e. The molecule has 0 N–H and O–H groups in total. The van der Waals surface area contributed by atoms with Crippen LogP contribution < -0.4 is 4.89 Å². The van der Waals surface area contributed by atoms with E-state index in [1.807, 2.05) is 0 Å². The first kappa shape index (κ1) is 19.3. The second-order valence-corrected chi connectivity index (χ2v) is 5.28. The van der Waals surface area contributed by atoms with Crippen LogP contribution in [0.15, 0.2) is 5.11 Å². The van der Waals surface area contributed by atoms with Crippen LogP contribution in [0.4, 0.5) is 0 Å². The maximum atomic E-state index is 11.3. The predicted octanol–water partition coefficient (Wildman–Crippen LogP) is 0.698. The van der Waals surface area contributed by atoms with Gasteiger partial charge in [0.15, 0.2) is 12.2 Å². The van der Waals surface area contributed by atoms with E-state index >= 15 is 0 Å². The Morgan fingerprint density at radius 3 is 2.30 bits per heavy atom. The Kier molecular flexibility index (Phi) is 7.34. The minimum Gasteiger partial charge on any atom is -0.566 e. The van der Waals surface area contributed by atoms with Crippen LogP contribution in [0, 0.1) is 0 Å². The van der Waals surface area contributed by atoms with E-state index in [0.29, 0.717) is 6.42 Å². The molecule has 11 nitrogen and oxygen atoms in total. The Morgan fingerprint density at radius 1 is 1.30 bits per heavy atom. The predicted molar refractivity (Wildman–Crippen MR) is 71.7 cm³/mol. The lowest BCUT2D eigenvalue weighted by atomic mass is 9.95. The third kappa shape index (κ3) is 5.42. The third-order valence-corrected chi connectivity index (χ3v) is 3.38. The molecule has 0 radical (unpaired) electrons. The zero-order chi connectivity index (χ0) is 17.6. The van der Waals surface area contributed by atoms with Crippen LogP contribution in [0.2, 0.25) is 0 Å². The molecule has 1 fully saturated rings. The standard InChI is InChI=1S/C11H16N3O8P/c1-4-7-9(19-5(2)15)10(20-6(3)16)8(13-14-12)11(21-7)22-23(17)18/h7-11H,4H2,1-3H3/t7?,8?,9-,10-,11-/m1/s1. The van der Waals surface area contributed by atoms with E-state index in [1.54, 1.807) is 6.92 Å². The van der Waals surface area contributed by atoms with Crippen LogP contribution in [-0.2, 0) is 32.9 Å². The summed E-state index contributed by atoms with van der Waals surface area (Å²) in [4.78, 5) is 36.0. The average molecular weight is 349 g/mol. The molecule has 0 aromatic rings. The molecule has 0 aliphatic carbocycles. The molecule has 1 aliphatic heterocycles. The molecule has 0 amide bonds. The van der Waals surface area contributed by atoms with Gasteiger partial charge in [-0.1, -0.05) is 12.0 Å². The lowest BCUT2D eigenvalue weighted by Crippen LogP contribution is -2.59. The molecule has 1 aliphatic rings. The molecule has 0 aromatic heterocycles. The number of rotatable bonds is 6. The molecule has 0 aromatic carbocycles. The zero-order valence-electron chi connectivity index (χ0n) is 12.6. The molecule has 0 spiro atoms. The molecule has 1 heterocycles. The van der Waals surface area contributed by atoms with Gasteiger partial charge < -0.3 is 19.1 Å². The van der Waals surface area contributed by atoms with E-state index in [4.69, 9.17) is 19.7 Å². The largest absolute Gasteiger partial charge is 0.566 e. The van der Waals surface area contributed by atoms with Crippen molar-refractivity contribution >= 4 is 20.2 Å². The minimum absolute atomic E-state index is 0.300. The maximum absolute atomic E-state index is 11.3. The van der Waals surface area contributed by atoms with Crippen LogP contribution in [0.1, 0.15) is 27.2 Å². The molecular weight excluding hydrogens is 333 g/mol. The number of nitrogens with zero attached hydrogens (tertiary/aromatic N) is 3. The number of esters is 2. The normalized spacial score (nSPS) is 30.8. The van der Waals surface area contributed by atoms with E-state index in [0.717, 1.165) is 13.8 Å². The van der Waals surface area contributed by atoms with E-state index in [9.17, 15) is 19.0 Å². The Morgan fingerprint density at radius 2 is 1.87 bits per heavy atom. The van der Waals surface area contributed by atoms with Crippen molar-refractivity contribution in [2.75, 3.05) is 0 Å². The topological polar surface area (TPSA) is 160 Å². The fourth-order valence-electron chi connectivity index (χ4n) is 2.23. The highest BCUT2D eigenvalue weighted by atomic mass is 31.1. The number of ether oxygens (including phenoxy) is 3. The molecule has 128 valence electrons. The molecule has 1 rings (SSSR count). The van der Waals surface area contributed by atoms with E-state index in [2.05, 4.69) is 14.5 Å². The Bertz CT molecular complexity index is 523. The van der Waals surface area contributed by atoms with Gasteiger partial charge in [-0.15, -0.1) is 4.52 Å². The molecule has 3 unspecified atom stereocenters. The van der Waals surface area contributed by atoms with E-state index < -0.39 is 50.8 Å². The molecule has 0 saturated carbocycles. The van der Waals surface area contributed by atoms with E-state index in [1.165, 1.54) is 0 Å². The Hall–Kier alpha value is -1.77. The number of hydrogen-bond acceptors (Lipinski definition) is 9. The third-order valence-electron chi connectivity index (χ3n) is 3.00. The summed E-state index contributed by atoms with van der Waals surface area (Å²) in [5, 5.41) is 3.37. The van der Waals surface area contributed by atoms with Gasteiger partial charge in [-0.3, -0.25) is 9.59 Å². The zero-order valence-corrected chi connectivity index (χ0v) is 13.5.